The molecule has 0 unspecified atom stereocenters. The van der Waals surface area contributed by atoms with E-state index in [0.717, 1.165) is 16.3 Å². The predicted molar refractivity (Wildman–Crippen MR) is 100 cm³/mol. The summed E-state index contributed by atoms with van der Waals surface area (Å²) < 4.78 is 0. The Hall–Kier alpha value is -3.25. The van der Waals surface area contributed by atoms with Crippen LogP contribution in [0.2, 0.25) is 0 Å². The van der Waals surface area contributed by atoms with Crippen molar-refractivity contribution in [1.29, 1.82) is 5.26 Å². The normalized spacial score (nSPS) is 18.5. The first-order valence-electron chi connectivity index (χ1n) is 8.69. The number of nitriles is 1. The molecule has 0 aromatic heterocycles. The number of hydrogen-bond donors (Lipinski definition) is 0. The standard InChI is InChI=1S/C23H17NO2/c24-15-23(14-19-7-3-4-8-20(19)22(23)26)12-11-21(25)18-10-9-16-5-1-2-6-17(16)13-18/h1-10,13H,11-12,14H2/t23-/m1/s1. The zero-order chi connectivity index (χ0) is 18.1. The Labute approximate surface area is 151 Å². The zero-order valence-electron chi connectivity index (χ0n) is 14.2. The Morgan fingerprint density at radius 2 is 1.73 bits per heavy atom. The molecule has 3 aromatic carbocycles. The molecule has 0 bridgehead atoms. The van der Waals surface area contributed by atoms with Gasteiger partial charge in [-0.05, 0) is 35.2 Å². The molecule has 0 saturated heterocycles. The summed E-state index contributed by atoms with van der Waals surface area (Å²) in [6.07, 6.45) is 0.831. The van der Waals surface area contributed by atoms with Crippen molar-refractivity contribution < 1.29 is 9.59 Å². The van der Waals surface area contributed by atoms with Gasteiger partial charge in [0.15, 0.2) is 11.6 Å². The van der Waals surface area contributed by atoms with Crippen molar-refractivity contribution in [3.63, 3.8) is 0 Å². The van der Waals surface area contributed by atoms with Crippen LogP contribution in [-0.4, -0.2) is 11.6 Å². The maximum Gasteiger partial charge on any atom is 0.183 e. The van der Waals surface area contributed by atoms with Gasteiger partial charge in [0, 0.05) is 17.5 Å². The highest BCUT2D eigenvalue weighted by Gasteiger charge is 2.45. The SMILES string of the molecule is N#C[C@@]1(CCC(=O)c2ccc3ccccc3c2)Cc2ccccc2C1=O. The summed E-state index contributed by atoms with van der Waals surface area (Å²) in [5, 5.41) is 11.8. The second-order valence-corrected chi connectivity index (χ2v) is 6.84. The lowest BCUT2D eigenvalue weighted by atomic mass is 9.80. The van der Waals surface area contributed by atoms with Crippen LogP contribution in [0.15, 0.2) is 66.7 Å². The summed E-state index contributed by atoms with van der Waals surface area (Å²) in [4.78, 5) is 25.4. The van der Waals surface area contributed by atoms with Gasteiger partial charge >= 0.3 is 0 Å². The number of rotatable bonds is 4. The molecule has 3 heteroatoms. The number of ketones is 2. The minimum Gasteiger partial charge on any atom is -0.294 e. The third-order valence-electron chi connectivity index (χ3n) is 5.25. The average Bonchev–Trinajstić information content (AvgIpc) is 2.98. The van der Waals surface area contributed by atoms with E-state index in [1.54, 1.807) is 6.07 Å². The van der Waals surface area contributed by atoms with Crippen molar-refractivity contribution in [3.8, 4) is 6.07 Å². The number of Topliss-reactive ketones (excluding diaryl/α,β-unsaturated/α-hetero) is 2. The van der Waals surface area contributed by atoms with Crippen LogP contribution in [0.1, 0.15) is 39.1 Å². The number of carbonyl (C=O) groups is 2. The van der Waals surface area contributed by atoms with Gasteiger partial charge in [-0.2, -0.15) is 5.26 Å². The molecule has 1 aliphatic carbocycles. The molecule has 0 N–H and O–H groups in total. The van der Waals surface area contributed by atoms with Crippen molar-refractivity contribution in [2.45, 2.75) is 19.3 Å². The Bertz CT molecular complexity index is 1080. The molecule has 0 fully saturated rings. The molecule has 126 valence electrons. The van der Waals surface area contributed by atoms with Crippen LogP contribution in [0.5, 0.6) is 0 Å². The topological polar surface area (TPSA) is 57.9 Å². The highest BCUT2D eigenvalue weighted by atomic mass is 16.1. The van der Waals surface area contributed by atoms with Crippen LogP contribution in [0, 0.1) is 16.7 Å². The fourth-order valence-corrected chi connectivity index (χ4v) is 3.74. The average molecular weight is 339 g/mol. The maximum atomic E-state index is 12.7. The summed E-state index contributed by atoms with van der Waals surface area (Å²) in [6.45, 7) is 0. The molecule has 0 saturated carbocycles. The van der Waals surface area contributed by atoms with Crippen molar-refractivity contribution in [3.05, 3.63) is 83.4 Å². The summed E-state index contributed by atoms with van der Waals surface area (Å²) in [5.74, 6) is -0.184. The van der Waals surface area contributed by atoms with Gasteiger partial charge in [0.25, 0.3) is 0 Å². The zero-order valence-corrected chi connectivity index (χ0v) is 14.2. The van der Waals surface area contributed by atoms with E-state index < -0.39 is 5.41 Å². The highest BCUT2D eigenvalue weighted by Crippen LogP contribution is 2.40. The fourth-order valence-electron chi connectivity index (χ4n) is 3.74. The Balaban J connectivity index is 1.55. The van der Waals surface area contributed by atoms with Gasteiger partial charge < -0.3 is 0 Å². The second kappa shape index (κ2) is 6.24. The van der Waals surface area contributed by atoms with E-state index in [1.165, 1.54) is 0 Å². The lowest BCUT2D eigenvalue weighted by Gasteiger charge is -2.18. The largest absolute Gasteiger partial charge is 0.294 e. The van der Waals surface area contributed by atoms with Gasteiger partial charge in [0.1, 0.15) is 5.41 Å². The quantitative estimate of drug-likeness (QED) is 0.644. The van der Waals surface area contributed by atoms with Gasteiger partial charge in [-0.3, -0.25) is 9.59 Å². The van der Waals surface area contributed by atoms with Crippen LogP contribution < -0.4 is 0 Å². The van der Waals surface area contributed by atoms with E-state index in [1.807, 2.05) is 60.7 Å². The molecule has 1 atom stereocenters. The third-order valence-corrected chi connectivity index (χ3v) is 5.25. The smallest absolute Gasteiger partial charge is 0.183 e. The molecule has 26 heavy (non-hydrogen) atoms. The van der Waals surface area contributed by atoms with Gasteiger partial charge in [-0.15, -0.1) is 0 Å². The maximum absolute atomic E-state index is 12.7. The number of nitrogens with zero attached hydrogens (tertiary/aromatic N) is 1. The molecule has 0 heterocycles. The van der Waals surface area contributed by atoms with Crippen molar-refractivity contribution in [2.75, 3.05) is 0 Å². The minimum absolute atomic E-state index is 0.0332. The molecule has 1 aliphatic rings. The van der Waals surface area contributed by atoms with E-state index in [2.05, 4.69) is 6.07 Å². The summed E-state index contributed by atoms with van der Waals surface area (Å²) >= 11 is 0. The van der Waals surface area contributed by atoms with Gasteiger partial charge in [-0.1, -0.05) is 60.7 Å². The first kappa shape index (κ1) is 16.2. The van der Waals surface area contributed by atoms with Crippen LogP contribution >= 0.6 is 0 Å². The molecular formula is C23H17NO2. The van der Waals surface area contributed by atoms with E-state index >= 15 is 0 Å². The van der Waals surface area contributed by atoms with Crippen LogP contribution in [0.3, 0.4) is 0 Å². The first-order chi connectivity index (χ1) is 12.6. The molecule has 4 rings (SSSR count). The van der Waals surface area contributed by atoms with Gasteiger partial charge in [-0.25, -0.2) is 0 Å². The Morgan fingerprint density at radius 3 is 2.50 bits per heavy atom. The van der Waals surface area contributed by atoms with E-state index in [0.29, 0.717) is 17.5 Å². The van der Waals surface area contributed by atoms with Crippen molar-refractivity contribution in [2.24, 2.45) is 5.41 Å². The first-order valence-corrected chi connectivity index (χ1v) is 8.69. The van der Waals surface area contributed by atoms with E-state index in [9.17, 15) is 14.9 Å². The molecule has 0 spiro atoms. The molecule has 0 radical (unpaired) electrons. The number of benzene rings is 3. The Morgan fingerprint density at radius 1 is 1.00 bits per heavy atom. The summed E-state index contributed by atoms with van der Waals surface area (Å²) in [7, 11) is 0. The molecule has 0 amide bonds. The molecule has 0 aliphatic heterocycles. The number of hydrogen-bond acceptors (Lipinski definition) is 3. The van der Waals surface area contributed by atoms with E-state index in [-0.39, 0.29) is 24.4 Å². The molecule has 3 nitrogen and oxygen atoms in total. The van der Waals surface area contributed by atoms with Gasteiger partial charge in [0.2, 0.25) is 0 Å². The third kappa shape index (κ3) is 2.60. The Kier molecular flexibility index (Phi) is 3.89. The van der Waals surface area contributed by atoms with E-state index in [4.69, 9.17) is 0 Å². The molecular weight excluding hydrogens is 322 g/mol. The van der Waals surface area contributed by atoms with Crippen LogP contribution in [-0.2, 0) is 6.42 Å². The number of fused-ring (bicyclic) bond motifs is 2. The van der Waals surface area contributed by atoms with Crippen molar-refractivity contribution in [1.82, 2.24) is 0 Å². The number of carbonyl (C=O) groups excluding carboxylic acids is 2. The lowest BCUT2D eigenvalue weighted by Crippen LogP contribution is -2.27. The van der Waals surface area contributed by atoms with Gasteiger partial charge in [0.05, 0.1) is 6.07 Å². The summed E-state index contributed by atoms with van der Waals surface area (Å²) in [6, 6.07) is 23.0. The van der Waals surface area contributed by atoms with Crippen molar-refractivity contribution >= 4 is 22.3 Å². The van der Waals surface area contributed by atoms with Crippen LogP contribution in [0.4, 0.5) is 0 Å². The summed E-state index contributed by atoms with van der Waals surface area (Å²) in [5.41, 5.74) is 1.03. The second-order valence-electron chi connectivity index (χ2n) is 6.84. The highest BCUT2D eigenvalue weighted by molar-refractivity contribution is 6.07. The minimum atomic E-state index is -1.11. The molecule has 3 aromatic rings. The monoisotopic (exact) mass is 339 g/mol. The fraction of sp³-hybridized carbons (Fsp3) is 0.174. The van der Waals surface area contributed by atoms with Crippen LogP contribution in [0.25, 0.3) is 10.8 Å². The predicted octanol–water partition coefficient (Wildman–Crippen LogP) is 4.75. The lowest BCUT2D eigenvalue weighted by molar-refractivity contribution is 0.0855.